The van der Waals surface area contributed by atoms with Gasteiger partial charge < -0.3 is 5.32 Å². The van der Waals surface area contributed by atoms with Crippen molar-refractivity contribution in [3.63, 3.8) is 0 Å². The fourth-order valence-electron chi connectivity index (χ4n) is 3.58. The Hall–Kier alpha value is -1.61. The highest BCUT2D eigenvalue weighted by Crippen LogP contribution is 2.31. The molecule has 0 aliphatic heterocycles. The molecule has 2 N–H and O–H groups in total. The largest absolute Gasteiger partial charge is 0.416 e. The first kappa shape index (κ1) is 22.7. The van der Waals surface area contributed by atoms with E-state index in [1.807, 2.05) is 0 Å². The molecule has 2 rings (SSSR count). The zero-order valence-electron chi connectivity index (χ0n) is 16.3. The molecule has 1 aliphatic rings. The molecule has 1 fully saturated rings. The van der Waals surface area contributed by atoms with Crippen molar-refractivity contribution in [1.29, 1.82) is 0 Å². The summed E-state index contributed by atoms with van der Waals surface area (Å²) in [4.78, 5) is 12.6. The number of amides is 1. The first-order valence-electron chi connectivity index (χ1n) is 9.20. The monoisotopic (exact) mass is 420 g/mol. The van der Waals surface area contributed by atoms with E-state index < -0.39 is 27.2 Å². The minimum Gasteiger partial charge on any atom is -0.355 e. The lowest BCUT2D eigenvalue weighted by atomic mass is 9.84. The van der Waals surface area contributed by atoms with Crippen LogP contribution in [0.2, 0.25) is 0 Å². The Morgan fingerprint density at radius 3 is 2.29 bits per heavy atom. The van der Waals surface area contributed by atoms with Crippen LogP contribution in [0.1, 0.15) is 44.2 Å². The van der Waals surface area contributed by atoms with Crippen LogP contribution in [-0.2, 0) is 27.4 Å². The quantitative estimate of drug-likeness (QED) is 0.712. The fourth-order valence-corrected chi connectivity index (χ4v) is 4.44. The van der Waals surface area contributed by atoms with Crippen molar-refractivity contribution < 1.29 is 26.4 Å². The lowest BCUT2D eigenvalue weighted by Crippen LogP contribution is -2.45. The van der Waals surface area contributed by atoms with E-state index in [1.54, 1.807) is 13.8 Å². The van der Waals surface area contributed by atoms with Gasteiger partial charge in [-0.15, -0.1) is 0 Å². The third kappa shape index (κ3) is 6.48. The standard InChI is InChI=1S/C19H27F3N2O3S/c1-18(2,11-13-7-9-15(10-8-13)19(20,21)22)17(25)23-12-14-5-4-6-16(14)24-28(3,26)27/h7-10,14,16,24H,4-6,11-12H2,1-3H3,(H,23,25). The summed E-state index contributed by atoms with van der Waals surface area (Å²) in [6, 6.07) is 4.63. The van der Waals surface area contributed by atoms with Gasteiger partial charge >= 0.3 is 6.18 Å². The molecule has 1 aromatic rings. The number of rotatable bonds is 7. The average molecular weight is 420 g/mol. The van der Waals surface area contributed by atoms with Gasteiger partial charge in [-0.2, -0.15) is 13.2 Å². The lowest BCUT2D eigenvalue weighted by Gasteiger charge is -2.26. The van der Waals surface area contributed by atoms with Crippen LogP contribution >= 0.6 is 0 Å². The summed E-state index contributed by atoms with van der Waals surface area (Å²) in [6.45, 7) is 3.84. The molecule has 0 bridgehead atoms. The number of nitrogens with one attached hydrogen (secondary N) is 2. The van der Waals surface area contributed by atoms with E-state index in [0.717, 1.165) is 37.7 Å². The van der Waals surface area contributed by atoms with Gasteiger partial charge in [-0.25, -0.2) is 13.1 Å². The van der Waals surface area contributed by atoms with Gasteiger partial charge in [0.25, 0.3) is 0 Å². The molecule has 1 saturated carbocycles. The van der Waals surface area contributed by atoms with E-state index in [-0.39, 0.29) is 17.9 Å². The molecule has 2 unspecified atom stereocenters. The summed E-state index contributed by atoms with van der Waals surface area (Å²) in [5.74, 6) is -0.182. The van der Waals surface area contributed by atoms with Crippen molar-refractivity contribution in [1.82, 2.24) is 10.0 Å². The highest BCUT2D eigenvalue weighted by Gasteiger charge is 2.33. The van der Waals surface area contributed by atoms with Crippen LogP contribution in [-0.4, -0.2) is 33.2 Å². The molecule has 0 radical (unpaired) electrons. The third-order valence-corrected chi connectivity index (χ3v) is 5.82. The number of alkyl halides is 3. The predicted molar refractivity (Wildman–Crippen MR) is 101 cm³/mol. The van der Waals surface area contributed by atoms with Gasteiger partial charge in [0.1, 0.15) is 0 Å². The minimum atomic E-state index is -4.39. The van der Waals surface area contributed by atoms with Crippen LogP contribution in [0.15, 0.2) is 24.3 Å². The number of sulfonamides is 1. The molecule has 1 amide bonds. The minimum absolute atomic E-state index is 0.0283. The van der Waals surface area contributed by atoms with Gasteiger partial charge in [0, 0.05) is 18.0 Å². The molecule has 0 aromatic heterocycles. The molecule has 0 saturated heterocycles. The van der Waals surface area contributed by atoms with Crippen LogP contribution in [0, 0.1) is 11.3 Å². The summed E-state index contributed by atoms with van der Waals surface area (Å²) in [6.07, 6.45) is -0.512. The van der Waals surface area contributed by atoms with E-state index in [9.17, 15) is 26.4 Å². The van der Waals surface area contributed by atoms with Crippen molar-refractivity contribution in [2.45, 2.75) is 51.7 Å². The number of benzene rings is 1. The van der Waals surface area contributed by atoms with Crippen LogP contribution < -0.4 is 10.0 Å². The Morgan fingerprint density at radius 2 is 1.75 bits per heavy atom. The Labute approximate surface area is 164 Å². The Balaban J connectivity index is 1.93. The summed E-state index contributed by atoms with van der Waals surface area (Å²) < 4.78 is 63.5. The van der Waals surface area contributed by atoms with E-state index in [1.165, 1.54) is 12.1 Å². The summed E-state index contributed by atoms with van der Waals surface area (Å²) >= 11 is 0. The van der Waals surface area contributed by atoms with Crippen molar-refractivity contribution in [3.05, 3.63) is 35.4 Å². The molecule has 9 heteroatoms. The van der Waals surface area contributed by atoms with Crippen LogP contribution in [0.3, 0.4) is 0 Å². The first-order chi connectivity index (χ1) is 12.8. The van der Waals surface area contributed by atoms with Crippen molar-refractivity contribution >= 4 is 15.9 Å². The van der Waals surface area contributed by atoms with Crippen LogP contribution in [0.4, 0.5) is 13.2 Å². The number of halogens is 3. The molecular weight excluding hydrogens is 393 g/mol. The summed E-state index contributed by atoms with van der Waals surface area (Å²) in [5, 5.41) is 2.88. The van der Waals surface area contributed by atoms with Gasteiger partial charge in [0.05, 0.1) is 11.8 Å². The molecule has 2 atom stereocenters. The molecule has 0 heterocycles. The van der Waals surface area contributed by atoms with E-state index in [2.05, 4.69) is 10.0 Å². The molecule has 1 aliphatic carbocycles. The maximum absolute atomic E-state index is 12.7. The molecule has 28 heavy (non-hydrogen) atoms. The van der Waals surface area contributed by atoms with Gasteiger partial charge in [0.2, 0.25) is 15.9 Å². The van der Waals surface area contributed by atoms with Crippen LogP contribution in [0.5, 0.6) is 0 Å². The second kappa shape index (κ2) is 8.41. The molecule has 0 spiro atoms. The van der Waals surface area contributed by atoms with E-state index in [4.69, 9.17) is 0 Å². The normalized spacial score (nSPS) is 20.9. The van der Waals surface area contributed by atoms with E-state index >= 15 is 0 Å². The van der Waals surface area contributed by atoms with Gasteiger partial charge in [-0.1, -0.05) is 32.4 Å². The maximum Gasteiger partial charge on any atom is 0.416 e. The zero-order valence-corrected chi connectivity index (χ0v) is 17.1. The molecule has 1 aromatic carbocycles. The summed E-state index contributed by atoms with van der Waals surface area (Å²) in [5.41, 5.74) is -0.882. The second-order valence-electron chi connectivity index (χ2n) is 8.15. The first-order valence-corrected chi connectivity index (χ1v) is 11.1. The number of hydrogen-bond acceptors (Lipinski definition) is 3. The van der Waals surface area contributed by atoms with Crippen LogP contribution in [0.25, 0.3) is 0 Å². The third-order valence-electron chi connectivity index (χ3n) is 5.09. The maximum atomic E-state index is 12.7. The fraction of sp³-hybridized carbons (Fsp3) is 0.632. The van der Waals surface area contributed by atoms with E-state index in [0.29, 0.717) is 18.5 Å². The van der Waals surface area contributed by atoms with Gasteiger partial charge in [-0.05, 0) is 42.9 Å². The lowest BCUT2D eigenvalue weighted by molar-refractivity contribution is -0.137. The van der Waals surface area contributed by atoms with Crippen molar-refractivity contribution in [2.24, 2.45) is 11.3 Å². The smallest absolute Gasteiger partial charge is 0.355 e. The van der Waals surface area contributed by atoms with Gasteiger partial charge in [-0.3, -0.25) is 4.79 Å². The molecule has 158 valence electrons. The highest BCUT2D eigenvalue weighted by molar-refractivity contribution is 7.88. The number of hydrogen-bond donors (Lipinski definition) is 2. The predicted octanol–water partition coefficient (Wildman–Crippen LogP) is 3.11. The average Bonchev–Trinajstić information content (AvgIpc) is 2.96. The SMILES string of the molecule is CC(C)(Cc1ccc(C(F)(F)F)cc1)C(=O)NCC1CCCC1NS(C)(=O)=O. The number of carbonyl (C=O) groups excluding carboxylic acids is 1. The zero-order chi connectivity index (χ0) is 21.2. The van der Waals surface area contributed by atoms with Gasteiger partial charge in [0.15, 0.2) is 0 Å². The second-order valence-corrected chi connectivity index (χ2v) is 9.93. The Morgan fingerprint density at radius 1 is 1.14 bits per heavy atom. The van der Waals surface area contributed by atoms with Crippen molar-refractivity contribution in [2.75, 3.05) is 12.8 Å². The number of carbonyl (C=O) groups is 1. The molecular formula is C19H27F3N2O3S. The summed E-state index contributed by atoms with van der Waals surface area (Å²) in [7, 11) is -3.30. The topological polar surface area (TPSA) is 75.3 Å². The Bertz CT molecular complexity index is 790. The Kier molecular flexibility index (Phi) is 6.81. The highest BCUT2D eigenvalue weighted by atomic mass is 32.2. The molecule has 5 nitrogen and oxygen atoms in total. The van der Waals surface area contributed by atoms with Crippen molar-refractivity contribution in [3.8, 4) is 0 Å².